The van der Waals surface area contributed by atoms with Gasteiger partial charge in [-0.05, 0) is 23.3 Å². The van der Waals surface area contributed by atoms with Crippen molar-refractivity contribution in [1.82, 2.24) is 9.55 Å². The molecule has 0 fully saturated rings. The van der Waals surface area contributed by atoms with Gasteiger partial charge in [0.05, 0.1) is 0 Å². The molecular formula is C23H21N3. The number of benzene rings is 3. The highest BCUT2D eigenvalue weighted by Crippen LogP contribution is 2.26. The Bertz CT molecular complexity index is 931. The summed E-state index contributed by atoms with van der Waals surface area (Å²) >= 11 is 0. The third kappa shape index (κ3) is 3.67. The Balaban J connectivity index is 1.69. The number of nitrogens with zero attached hydrogens (tertiary/aromatic N) is 2. The van der Waals surface area contributed by atoms with Gasteiger partial charge in [0.25, 0.3) is 0 Å². The molecule has 26 heavy (non-hydrogen) atoms. The Hall–Kier alpha value is -3.33. The molecule has 0 saturated heterocycles. The minimum absolute atomic E-state index is 0.0164. The summed E-state index contributed by atoms with van der Waals surface area (Å²) < 4.78 is 2.21. The number of anilines is 1. The van der Waals surface area contributed by atoms with Gasteiger partial charge in [-0.15, -0.1) is 0 Å². The lowest BCUT2D eigenvalue weighted by atomic mass is 10.1. The van der Waals surface area contributed by atoms with Crippen molar-refractivity contribution in [2.45, 2.75) is 12.6 Å². The molecule has 1 N–H and O–H groups in total. The lowest BCUT2D eigenvalue weighted by Crippen LogP contribution is -2.18. The molecule has 1 unspecified atom stereocenters. The standard InChI is InChI=1S/C23H21N3/c1-4-10-19(11-5-1)18-26-17-16-24-23(26)22(20-12-6-2-7-13-20)25-21-14-8-3-9-15-21/h1-17,22,25H,18H2. The number of imidazole rings is 1. The van der Waals surface area contributed by atoms with E-state index in [0.717, 1.165) is 18.1 Å². The van der Waals surface area contributed by atoms with Crippen LogP contribution in [0.4, 0.5) is 5.69 Å². The third-order valence-electron chi connectivity index (χ3n) is 4.42. The minimum Gasteiger partial charge on any atom is -0.372 e. The molecular weight excluding hydrogens is 318 g/mol. The summed E-state index contributed by atoms with van der Waals surface area (Å²) in [4.78, 5) is 4.69. The summed E-state index contributed by atoms with van der Waals surface area (Å²) in [7, 11) is 0. The number of hydrogen-bond donors (Lipinski definition) is 1. The maximum atomic E-state index is 4.69. The molecule has 4 aromatic rings. The van der Waals surface area contributed by atoms with Crippen LogP contribution in [-0.4, -0.2) is 9.55 Å². The van der Waals surface area contributed by atoms with Crippen LogP contribution in [0.25, 0.3) is 0 Å². The van der Waals surface area contributed by atoms with Crippen LogP contribution in [0.2, 0.25) is 0 Å². The molecule has 0 aliphatic carbocycles. The molecule has 1 aromatic heterocycles. The van der Waals surface area contributed by atoms with Crippen LogP contribution < -0.4 is 5.32 Å². The van der Waals surface area contributed by atoms with Crippen molar-refractivity contribution >= 4 is 5.69 Å². The van der Waals surface area contributed by atoms with Crippen molar-refractivity contribution in [1.29, 1.82) is 0 Å². The lowest BCUT2D eigenvalue weighted by Gasteiger charge is -2.21. The van der Waals surface area contributed by atoms with E-state index in [-0.39, 0.29) is 6.04 Å². The van der Waals surface area contributed by atoms with E-state index in [9.17, 15) is 0 Å². The van der Waals surface area contributed by atoms with Crippen molar-refractivity contribution in [3.05, 3.63) is 120 Å². The van der Waals surface area contributed by atoms with Crippen molar-refractivity contribution in [2.24, 2.45) is 0 Å². The van der Waals surface area contributed by atoms with Crippen LogP contribution >= 0.6 is 0 Å². The summed E-state index contributed by atoms with van der Waals surface area (Å²) in [5, 5.41) is 3.64. The molecule has 0 aliphatic heterocycles. The molecule has 0 spiro atoms. The Morgan fingerprint density at radius 2 is 1.38 bits per heavy atom. The van der Waals surface area contributed by atoms with Gasteiger partial charge >= 0.3 is 0 Å². The maximum Gasteiger partial charge on any atom is 0.136 e. The van der Waals surface area contributed by atoms with Crippen molar-refractivity contribution in [2.75, 3.05) is 5.32 Å². The second-order valence-electron chi connectivity index (χ2n) is 6.25. The normalized spacial score (nSPS) is 11.8. The van der Waals surface area contributed by atoms with Crippen LogP contribution in [0.3, 0.4) is 0 Å². The Morgan fingerprint density at radius 3 is 2.08 bits per heavy atom. The quantitative estimate of drug-likeness (QED) is 0.527. The van der Waals surface area contributed by atoms with E-state index in [1.165, 1.54) is 11.1 Å². The SMILES string of the molecule is c1ccc(Cn2ccnc2C(Nc2ccccc2)c2ccccc2)cc1. The number of rotatable bonds is 6. The predicted molar refractivity (Wildman–Crippen MR) is 106 cm³/mol. The van der Waals surface area contributed by atoms with Gasteiger partial charge in [0.1, 0.15) is 11.9 Å². The average molecular weight is 339 g/mol. The molecule has 1 heterocycles. The molecule has 0 radical (unpaired) electrons. The van der Waals surface area contributed by atoms with Gasteiger partial charge in [-0.25, -0.2) is 4.98 Å². The van der Waals surface area contributed by atoms with Gasteiger partial charge < -0.3 is 9.88 Å². The Labute approximate surface area is 154 Å². The van der Waals surface area contributed by atoms with Crippen LogP contribution in [-0.2, 0) is 6.54 Å². The smallest absolute Gasteiger partial charge is 0.136 e. The fourth-order valence-electron chi connectivity index (χ4n) is 3.14. The molecule has 3 heteroatoms. The molecule has 128 valence electrons. The molecule has 4 rings (SSSR count). The van der Waals surface area contributed by atoms with Crippen molar-refractivity contribution < 1.29 is 0 Å². The van der Waals surface area contributed by atoms with E-state index in [2.05, 4.69) is 75.5 Å². The molecule has 1 atom stereocenters. The third-order valence-corrected chi connectivity index (χ3v) is 4.42. The van der Waals surface area contributed by atoms with E-state index in [1.54, 1.807) is 0 Å². The van der Waals surface area contributed by atoms with Gasteiger partial charge in [-0.3, -0.25) is 0 Å². The zero-order chi connectivity index (χ0) is 17.6. The van der Waals surface area contributed by atoms with Crippen LogP contribution in [0.1, 0.15) is 23.0 Å². The zero-order valence-corrected chi connectivity index (χ0v) is 14.5. The van der Waals surface area contributed by atoms with Gasteiger partial charge in [0.2, 0.25) is 0 Å². The highest BCUT2D eigenvalue weighted by Gasteiger charge is 2.19. The molecule has 3 aromatic carbocycles. The van der Waals surface area contributed by atoms with Gasteiger partial charge in [-0.2, -0.15) is 0 Å². The lowest BCUT2D eigenvalue weighted by molar-refractivity contribution is 0.696. The maximum absolute atomic E-state index is 4.69. The summed E-state index contributed by atoms with van der Waals surface area (Å²) in [5.74, 6) is 1.00. The first-order chi connectivity index (χ1) is 12.9. The van der Waals surface area contributed by atoms with Gasteiger partial charge in [0, 0.05) is 24.6 Å². The molecule has 0 aliphatic rings. The second-order valence-corrected chi connectivity index (χ2v) is 6.25. The first-order valence-corrected chi connectivity index (χ1v) is 8.81. The molecule has 0 saturated carbocycles. The van der Waals surface area contributed by atoms with Crippen molar-refractivity contribution in [3.63, 3.8) is 0 Å². The van der Waals surface area contributed by atoms with E-state index in [1.807, 2.05) is 42.7 Å². The molecule has 0 bridgehead atoms. The van der Waals surface area contributed by atoms with E-state index >= 15 is 0 Å². The summed E-state index contributed by atoms with van der Waals surface area (Å²) in [6.07, 6.45) is 3.92. The average Bonchev–Trinajstić information content (AvgIpc) is 3.16. The van der Waals surface area contributed by atoms with E-state index in [0.29, 0.717) is 0 Å². The monoisotopic (exact) mass is 339 g/mol. The van der Waals surface area contributed by atoms with Crippen LogP contribution in [0.5, 0.6) is 0 Å². The minimum atomic E-state index is -0.0164. The first-order valence-electron chi connectivity index (χ1n) is 8.81. The van der Waals surface area contributed by atoms with Crippen LogP contribution in [0.15, 0.2) is 103 Å². The number of nitrogens with one attached hydrogen (secondary N) is 1. The van der Waals surface area contributed by atoms with Crippen LogP contribution in [0, 0.1) is 0 Å². The van der Waals surface area contributed by atoms with E-state index in [4.69, 9.17) is 0 Å². The summed E-state index contributed by atoms with van der Waals surface area (Å²) in [6.45, 7) is 0.802. The number of hydrogen-bond acceptors (Lipinski definition) is 2. The van der Waals surface area contributed by atoms with Gasteiger partial charge in [0.15, 0.2) is 0 Å². The molecule has 0 amide bonds. The summed E-state index contributed by atoms with van der Waals surface area (Å²) in [5.41, 5.74) is 3.53. The first kappa shape index (κ1) is 16.2. The fourth-order valence-corrected chi connectivity index (χ4v) is 3.14. The van der Waals surface area contributed by atoms with Gasteiger partial charge in [-0.1, -0.05) is 78.9 Å². The number of para-hydroxylation sites is 1. The Kier molecular flexibility index (Phi) is 4.79. The summed E-state index contributed by atoms with van der Waals surface area (Å²) in [6, 6.07) is 31.2. The number of aromatic nitrogens is 2. The fraction of sp³-hybridized carbons (Fsp3) is 0.0870. The largest absolute Gasteiger partial charge is 0.372 e. The zero-order valence-electron chi connectivity index (χ0n) is 14.5. The second kappa shape index (κ2) is 7.70. The van der Waals surface area contributed by atoms with E-state index < -0.39 is 0 Å². The predicted octanol–water partition coefficient (Wildman–Crippen LogP) is 5.13. The Morgan fingerprint density at radius 1 is 0.769 bits per heavy atom. The highest BCUT2D eigenvalue weighted by molar-refractivity contribution is 5.47. The highest BCUT2D eigenvalue weighted by atomic mass is 15.1. The topological polar surface area (TPSA) is 29.9 Å². The van der Waals surface area contributed by atoms with Crippen molar-refractivity contribution in [3.8, 4) is 0 Å². The molecule has 3 nitrogen and oxygen atoms in total.